The van der Waals surface area contributed by atoms with Gasteiger partial charge >= 0.3 is 11.1 Å². The van der Waals surface area contributed by atoms with Gasteiger partial charge in [-0.3, -0.25) is 14.4 Å². The number of carbonyl (C=O) groups excluding carboxylic acids is 1. The van der Waals surface area contributed by atoms with Crippen LogP contribution in [0.3, 0.4) is 0 Å². The summed E-state index contributed by atoms with van der Waals surface area (Å²) in [4.78, 5) is 40.0. The zero-order valence-corrected chi connectivity index (χ0v) is 12.8. The highest BCUT2D eigenvalue weighted by atomic mass is 127. The highest BCUT2D eigenvalue weighted by Crippen LogP contribution is 2.18. The molecule has 0 amide bonds. The van der Waals surface area contributed by atoms with Crippen LogP contribution in [0.4, 0.5) is 0 Å². The van der Waals surface area contributed by atoms with Crippen molar-refractivity contribution in [3.63, 3.8) is 0 Å². The Bertz CT molecular complexity index is 972. The van der Waals surface area contributed by atoms with Crippen LogP contribution in [0.15, 0.2) is 52.1 Å². The number of halogens is 1. The van der Waals surface area contributed by atoms with Crippen LogP contribution in [0.1, 0.15) is 15.9 Å². The molecule has 0 atom stereocenters. The fourth-order valence-electron chi connectivity index (χ4n) is 2.06. The Labute approximate surface area is 132 Å². The van der Waals surface area contributed by atoms with E-state index in [1.54, 1.807) is 30.3 Å². The monoisotopic (exact) mass is 392 g/mol. The van der Waals surface area contributed by atoms with Crippen LogP contribution in [0.25, 0.3) is 11.0 Å². The minimum absolute atomic E-state index is 0.131. The van der Waals surface area contributed by atoms with Crippen molar-refractivity contribution in [2.75, 3.05) is 0 Å². The summed E-state index contributed by atoms with van der Waals surface area (Å²) in [5.74, 6) is -0.131. The van der Waals surface area contributed by atoms with Gasteiger partial charge in [0.25, 0.3) is 0 Å². The first-order valence-electron chi connectivity index (χ1n) is 6.12. The quantitative estimate of drug-likeness (QED) is 0.398. The maximum absolute atomic E-state index is 12.5. The number of fused-ring (bicyclic) bond motifs is 1. The summed E-state index contributed by atoms with van der Waals surface area (Å²) in [6.45, 7) is 0. The van der Waals surface area contributed by atoms with Gasteiger partial charge in [0, 0.05) is 14.7 Å². The molecule has 3 aromatic rings. The second-order valence-electron chi connectivity index (χ2n) is 4.48. The molecule has 2 aromatic carbocycles. The number of H-pyrrole nitrogens is 2. The lowest BCUT2D eigenvalue weighted by Crippen LogP contribution is -2.28. The molecule has 0 unspecified atom stereocenters. The minimum Gasteiger partial charge on any atom is -0.316 e. The fraction of sp³-hybridized carbons (Fsp3) is 0. The van der Waals surface area contributed by atoms with Crippen LogP contribution in [-0.4, -0.2) is 15.8 Å². The molecular formula is C15H9IN2O3. The molecule has 0 aliphatic rings. The van der Waals surface area contributed by atoms with Crippen molar-refractivity contribution < 1.29 is 4.79 Å². The predicted molar refractivity (Wildman–Crippen MR) is 87.8 cm³/mol. The first-order chi connectivity index (χ1) is 10.1. The largest absolute Gasteiger partial charge is 0.316 e. The third-order valence-electron chi connectivity index (χ3n) is 3.10. The molecular weight excluding hydrogens is 383 g/mol. The average Bonchev–Trinajstić information content (AvgIpc) is 2.48. The van der Waals surface area contributed by atoms with E-state index in [0.717, 1.165) is 3.57 Å². The summed E-state index contributed by atoms with van der Waals surface area (Å²) in [5.41, 5.74) is 0.523. The zero-order chi connectivity index (χ0) is 15.0. The number of aromatic nitrogens is 2. The molecule has 21 heavy (non-hydrogen) atoms. The van der Waals surface area contributed by atoms with Crippen molar-refractivity contribution in [2.45, 2.75) is 0 Å². The fourth-order valence-corrected chi connectivity index (χ4v) is 2.69. The van der Waals surface area contributed by atoms with Gasteiger partial charge < -0.3 is 9.97 Å². The molecule has 0 fully saturated rings. The van der Waals surface area contributed by atoms with Gasteiger partial charge in [-0.2, -0.15) is 0 Å². The van der Waals surface area contributed by atoms with Gasteiger partial charge in [-0.1, -0.05) is 12.1 Å². The number of hydrogen-bond acceptors (Lipinski definition) is 3. The molecule has 0 bridgehead atoms. The molecule has 6 heteroatoms. The van der Waals surface area contributed by atoms with Crippen LogP contribution in [0.5, 0.6) is 0 Å². The molecule has 0 aliphatic carbocycles. The van der Waals surface area contributed by atoms with E-state index in [0.29, 0.717) is 22.2 Å². The molecule has 0 radical (unpaired) electrons. The minimum atomic E-state index is -0.735. The molecule has 0 aliphatic heterocycles. The van der Waals surface area contributed by atoms with E-state index in [-0.39, 0.29) is 5.78 Å². The lowest BCUT2D eigenvalue weighted by Gasteiger charge is -2.05. The average molecular weight is 392 g/mol. The van der Waals surface area contributed by atoms with Crippen molar-refractivity contribution in [1.29, 1.82) is 0 Å². The third kappa shape index (κ3) is 2.54. The first kappa shape index (κ1) is 13.7. The number of nitrogens with one attached hydrogen (secondary N) is 2. The Balaban J connectivity index is 2.15. The summed E-state index contributed by atoms with van der Waals surface area (Å²) < 4.78 is 0.857. The molecule has 2 N–H and O–H groups in total. The summed E-state index contributed by atoms with van der Waals surface area (Å²) in [6, 6.07) is 12.1. The number of hydrogen-bond donors (Lipinski definition) is 2. The van der Waals surface area contributed by atoms with E-state index in [4.69, 9.17) is 0 Å². The standard InChI is InChI=1S/C15H9IN2O3/c16-10-4-2-1-3-9(10)13(19)8-5-6-11-12(7-8)18-15(21)14(20)17-11/h1-7H,(H,17,20)(H,18,21). The lowest BCUT2D eigenvalue weighted by molar-refractivity contribution is 0.103. The van der Waals surface area contributed by atoms with E-state index >= 15 is 0 Å². The topological polar surface area (TPSA) is 82.8 Å². The molecule has 0 saturated carbocycles. The Morgan fingerprint density at radius 2 is 1.57 bits per heavy atom. The van der Waals surface area contributed by atoms with Gasteiger partial charge in [0.05, 0.1) is 11.0 Å². The smallest absolute Gasteiger partial charge is 0.314 e. The Morgan fingerprint density at radius 3 is 2.29 bits per heavy atom. The van der Waals surface area contributed by atoms with Gasteiger partial charge in [0.2, 0.25) is 0 Å². The molecule has 1 heterocycles. The van der Waals surface area contributed by atoms with Gasteiger partial charge in [-0.15, -0.1) is 0 Å². The molecule has 0 spiro atoms. The summed E-state index contributed by atoms with van der Waals surface area (Å²) in [7, 11) is 0. The zero-order valence-electron chi connectivity index (χ0n) is 10.6. The van der Waals surface area contributed by atoms with Gasteiger partial charge in [0.15, 0.2) is 5.78 Å². The van der Waals surface area contributed by atoms with Crippen LogP contribution in [-0.2, 0) is 0 Å². The number of ketones is 1. The highest BCUT2D eigenvalue weighted by molar-refractivity contribution is 14.1. The lowest BCUT2D eigenvalue weighted by atomic mass is 10.0. The summed E-state index contributed by atoms with van der Waals surface area (Å²) in [5, 5.41) is 0. The maximum Gasteiger partial charge on any atom is 0.314 e. The van der Waals surface area contributed by atoms with Gasteiger partial charge in [-0.25, -0.2) is 0 Å². The number of carbonyl (C=O) groups is 1. The normalized spacial score (nSPS) is 10.7. The number of aromatic amines is 2. The second-order valence-corrected chi connectivity index (χ2v) is 5.64. The molecule has 104 valence electrons. The third-order valence-corrected chi connectivity index (χ3v) is 4.04. The molecule has 1 aromatic heterocycles. The Hall–Kier alpha value is -2.22. The van der Waals surface area contributed by atoms with Crippen LogP contribution >= 0.6 is 22.6 Å². The van der Waals surface area contributed by atoms with Gasteiger partial charge in [0.1, 0.15) is 0 Å². The van der Waals surface area contributed by atoms with E-state index in [2.05, 4.69) is 32.6 Å². The maximum atomic E-state index is 12.5. The van der Waals surface area contributed by atoms with Crippen molar-refractivity contribution >= 4 is 39.4 Å². The van der Waals surface area contributed by atoms with E-state index < -0.39 is 11.1 Å². The van der Waals surface area contributed by atoms with Crippen LogP contribution < -0.4 is 11.1 Å². The predicted octanol–water partition coefficient (Wildman–Crippen LogP) is 2.05. The van der Waals surface area contributed by atoms with E-state index in [9.17, 15) is 14.4 Å². The molecule has 0 saturated heterocycles. The summed E-state index contributed by atoms with van der Waals surface area (Å²) >= 11 is 2.10. The van der Waals surface area contributed by atoms with Gasteiger partial charge in [-0.05, 0) is 52.9 Å². The van der Waals surface area contributed by atoms with Crippen molar-refractivity contribution in [1.82, 2.24) is 9.97 Å². The van der Waals surface area contributed by atoms with Crippen LogP contribution in [0.2, 0.25) is 0 Å². The number of rotatable bonds is 2. The molecule has 5 nitrogen and oxygen atoms in total. The first-order valence-corrected chi connectivity index (χ1v) is 7.20. The SMILES string of the molecule is O=C(c1ccc2[nH]c(=O)c(=O)[nH]c2c1)c1ccccc1I. The Kier molecular flexibility index (Phi) is 3.46. The van der Waals surface area contributed by atoms with Crippen LogP contribution in [0, 0.1) is 3.57 Å². The van der Waals surface area contributed by atoms with Crippen molar-refractivity contribution in [2.24, 2.45) is 0 Å². The second kappa shape index (κ2) is 5.28. The Morgan fingerprint density at radius 1 is 0.905 bits per heavy atom. The van der Waals surface area contributed by atoms with E-state index in [1.807, 2.05) is 12.1 Å². The number of benzene rings is 2. The van der Waals surface area contributed by atoms with E-state index in [1.165, 1.54) is 0 Å². The molecule has 3 rings (SSSR count). The van der Waals surface area contributed by atoms with Crippen molar-refractivity contribution in [3.05, 3.63) is 77.9 Å². The summed E-state index contributed by atoms with van der Waals surface area (Å²) in [6.07, 6.45) is 0. The highest BCUT2D eigenvalue weighted by Gasteiger charge is 2.13. The van der Waals surface area contributed by atoms with Crippen molar-refractivity contribution in [3.8, 4) is 0 Å².